The van der Waals surface area contributed by atoms with Crippen LogP contribution in [0, 0.1) is 12.7 Å². The standard InChI is InChI=1S/C21H23ClFN3O3/c1-4-15-18(13(3)27)12(2)24-19(15)21(29)26-9-7-25(8-10-26)20(28)16-11-14(22)5-6-17(16)23/h5-6,11,24H,4,7-10H2,1-3H3. The van der Waals surface area contributed by atoms with Crippen LogP contribution in [0.15, 0.2) is 18.2 Å². The van der Waals surface area contributed by atoms with Crippen molar-refractivity contribution in [2.24, 2.45) is 0 Å². The summed E-state index contributed by atoms with van der Waals surface area (Å²) in [7, 11) is 0. The Labute approximate surface area is 173 Å². The highest BCUT2D eigenvalue weighted by Gasteiger charge is 2.30. The fraction of sp³-hybridized carbons (Fsp3) is 0.381. The molecule has 6 nitrogen and oxygen atoms in total. The summed E-state index contributed by atoms with van der Waals surface area (Å²) >= 11 is 5.88. The van der Waals surface area contributed by atoms with Crippen molar-refractivity contribution in [3.05, 3.63) is 57.1 Å². The number of nitrogens with one attached hydrogen (secondary N) is 1. The van der Waals surface area contributed by atoms with Gasteiger partial charge in [0, 0.05) is 42.5 Å². The van der Waals surface area contributed by atoms with Gasteiger partial charge in [0.05, 0.1) is 5.56 Å². The van der Waals surface area contributed by atoms with Crippen LogP contribution in [0.4, 0.5) is 4.39 Å². The number of H-pyrrole nitrogens is 1. The molecule has 3 rings (SSSR count). The summed E-state index contributed by atoms with van der Waals surface area (Å²) < 4.78 is 14.0. The number of benzene rings is 1. The number of halogens is 2. The Balaban J connectivity index is 1.73. The van der Waals surface area contributed by atoms with E-state index in [1.54, 1.807) is 11.8 Å². The third-order valence-corrected chi connectivity index (χ3v) is 5.46. The minimum atomic E-state index is -0.621. The minimum Gasteiger partial charge on any atom is -0.354 e. The molecule has 0 saturated carbocycles. The molecule has 1 aromatic carbocycles. The highest BCUT2D eigenvalue weighted by molar-refractivity contribution is 6.31. The van der Waals surface area contributed by atoms with E-state index in [9.17, 15) is 18.8 Å². The average molecular weight is 420 g/mol. The van der Waals surface area contributed by atoms with Crippen LogP contribution < -0.4 is 0 Å². The van der Waals surface area contributed by atoms with Crippen LogP contribution in [0.5, 0.6) is 0 Å². The van der Waals surface area contributed by atoms with Gasteiger partial charge in [-0.05, 0) is 44.0 Å². The fourth-order valence-corrected chi connectivity index (χ4v) is 3.96. The molecule has 154 valence electrons. The predicted octanol–water partition coefficient (Wildman–Crippen LogP) is 3.48. The monoisotopic (exact) mass is 419 g/mol. The second-order valence-corrected chi connectivity index (χ2v) is 7.53. The van der Waals surface area contributed by atoms with E-state index in [2.05, 4.69) is 4.98 Å². The highest BCUT2D eigenvalue weighted by atomic mass is 35.5. The Morgan fingerprint density at radius 2 is 1.69 bits per heavy atom. The SMILES string of the molecule is CCc1c(C(=O)N2CCN(C(=O)c3cc(Cl)ccc3F)CC2)[nH]c(C)c1C(C)=O. The van der Waals surface area contributed by atoms with Crippen molar-refractivity contribution in [3.8, 4) is 0 Å². The number of amides is 2. The van der Waals surface area contributed by atoms with Gasteiger partial charge in [-0.2, -0.15) is 0 Å². The number of piperazine rings is 1. The lowest BCUT2D eigenvalue weighted by Crippen LogP contribution is -2.51. The summed E-state index contributed by atoms with van der Waals surface area (Å²) in [5.41, 5.74) is 2.33. The number of nitrogens with zero attached hydrogens (tertiary/aromatic N) is 2. The van der Waals surface area contributed by atoms with Crippen LogP contribution in [0.25, 0.3) is 0 Å². The average Bonchev–Trinajstić information content (AvgIpc) is 3.05. The molecular weight excluding hydrogens is 397 g/mol. The summed E-state index contributed by atoms with van der Waals surface area (Å²) in [5, 5.41) is 0.291. The van der Waals surface area contributed by atoms with Crippen LogP contribution in [-0.2, 0) is 6.42 Å². The molecule has 2 amide bonds. The van der Waals surface area contributed by atoms with Crippen molar-refractivity contribution in [2.75, 3.05) is 26.2 Å². The number of aromatic nitrogens is 1. The quantitative estimate of drug-likeness (QED) is 0.771. The van der Waals surface area contributed by atoms with Crippen molar-refractivity contribution in [1.29, 1.82) is 0 Å². The van der Waals surface area contributed by atoms with E-state index in [0.717, 1.165) is 5.56 Å². The number of ketones is 1. The molecule has 1 aliphatic rings. The number of carbonyl (C=O) groups is 3. The maximum Gasteiger partial charge on any atom is 0.270 e. The molecule has 0 aliphatic carbocycles. The van der Waals surface area contributed by atoms with E-state index in [1.807, 2.05) is 6.92 Å². The second-order valence-electron chi connectivity index (χ2n) is 7.10. The summed E-state index contributed by atoms with van der Waals surface area (Å²) in [6.07, 6.45) is 0.562. The Morgan fingerprint density at radius 3 is 2.24 bits per heavy atom. The van der Waals surface area contributed by atoms with Gasteiger partial charge in [-0.15, -0.1) is 0 Å². The maximum absolute atomic E-state index is 14.0. The molecule has 2 heterocycles. The van der Waals surface area contributed by atoms with E-state index >= 15 is 0 Å². The van der Waals surface area contributed by atoms with E-state index < -0.39 is 11.7 Å². The molecule has 1 aromatic heterocycles. The molecule has 8 heteroatoms. The summed E-state index contributed by atoms with van der Waals surface area (Å²) in [6.45, 7) is 6.40. The number of aromatic amines is 1. The van der Waals surface area contributed by atoms with Gasteiger partial charge in [0.1, 0.15) is 11.5 Å². The van der Waals surface area contributed by atoms with Crippen LogP contribution in [-0.4, -0.2) is 58.6 Å². The molecule has 2 aromatic rings. The second kappa shape index (κ2) is 8.37. The molecule has 0 bridgehead atoms. The molecule has 1 aliphatic heterocycles. The number of aryl methyl sites for hydroxylation is 1. The van der Waals surface area contributed by atoms with Crippen molar-refractivity contribution in [2.45, 2.75) is 27.2 Å². The van der Waals surface area contributed by atoms with Crippen LogP contribution in [0.1, 0.15) is 56.3 Å². The smallest absolute Gasteiger partial charge is 0.270 e. The molecule has 1 fully saturated rings. The number of hydrogen-bond donors (Lipinski definition) is 1. The summed E-state index contributed by atoms with van der Waals surface area (Å²) in [4.78, 5) is 43.8. The number of carbonyl (C=O) groups excluding carboxylic acids is 3. The minimum absolute atomic E-state index is 0.0726. The Hall–Kier alpha value is -2.67. The van der Waals surface area contributed by atoms with E-state index in [-0.39, 0.29) is 30.3 Å². The molecule has 0 unspecified atom stereocenters. The van der Waals surface area contributed by atoms with Crippen LogP contribution in [0.3, 0.4) is 0 Å². The van der Waals surface area contributed by atoms with Gasteiger partial charge >= 0.3 is 0 Å². The van der Waals surface area contributed by atoms with E-state index in [0.29, 0.717) is 41.5 Å². The summed E-state index contributed by atoms with van der Waals surface area (Å²) in [5.74, 6) is -1.34. The molecule has 0 radical (unpaired) electrons. The van der Waals surface area contributed by atoms with Gasteiger partial charge in [-0.3, -0.25) is 14.4 Å². The molecule has 0 atom stereocenters. The molecular formula is C21H23ClFN3O3. The third-order valence-electron chi connectivity index (χ3n) is 5.22. The molecule has 1 N–H and O–H groups in total. The lowest BCUT2D eigenvalue weighted by atomic mass is 10.0. The maximum atomic E-state index is 14.0. The molecule has 1 saturated heterocycles. The third kappa shape index (κ3) is 4.05. The van der Waals surface area contributed by atoms with Crippen LogP contribution in [0.2, 0.25) is 5.02 Å². The van der Waals surface area contributed by atoms with Gasteiger partial charge in [0.25, 0.3) is 11.8 Å². The van der Waals surface area contributed by atoms with E-state index in [4.69, 9.17) is 11.6 Å². The first-order valence-electron chi connectivity index (χ1n) is 9.50. The Bertz CT molecular complexity index is 978. The summed E-state index contributed by atoms with van der Waals surface area (Å²) in [6, 6.07) is 3.88. The van der Waals surface area contributed by atoms with Crippen molar-refractivity contribution in [3.63, 3.8) is 0 Å². The number of hydrogen-bond acceptors (Lipinski definition) is 3. The van der Waals surface area contributed by atoms with Crippen molar-refractivity contribution in [1.82, 2.24) is 14.8 Å². The zero-order valence-corrected chi connectivity index (χ0v) is 17.4. The van der Waals surface area contributed by atoms with Gasteiger partial charge in [0.2, 0.25) is 0 Å². The van der Waals surface area contributed by atoms with Gasteiger partial charge in [-0.25, -0.2) is 4.39 Å². The highest BCUT2D eigenvalue weighted by Crippen LogP contribution is 2.23. The first-order valence-corrected chi connectivity index (χ1v) is 9.88. The number of Topliss-reactive ketones (excluding diaryl/α,β-unsaturated/α-hetero) is 1. The largest absolute Gasteiger partial charge is 0.354 e. The first kappa shape index (κ1) is 21.0. The zero-order valence-electron chi connectivity index (χ0n) is 16.6. The topological polar surface area (TPSA) is 73.5 Å². The van der Waals surface area contributed by atoms with E-state index in [1.165, 1.54) is 30.0 Å². The molecule has 29 heavy (non-hydrogen) atoms. The van der Waals surface area contributed by atoms with Gasteiger partial charge in [-0.1, -0.05) is 18.5 Å². The van der Waals surface area contributed by atoms with Gasteiger partial charge in [0.15, 0.2) is 5.78 Å². The lowest BCUT2D eigenvalue weighted by molar-refractivity contribution is 0.0529. The van der Waals surface area contributed by atoms with Crippen molar-refractivity contribution >= 4 is 29.2 Å². The first-order chi connectivity index (χ1) is 13.7. The van der Waals surface area contributed by atoms with Crippen LogP contribution >= 0.6 is 11.6 Å². The molecule has 0 spiro atoms. The lowest BCUT2D eigenvalue weighted by Gasteiger charge is -2.34. The van der Waals surface area contributed by atoms with Gasteiger partial charge < -0.3 is 14.8 Å². The Morgan fingerprint density at radius 1 is 1.10 bits per heavy atom. The fourth-order valence-electron chi connectivity index (χ4n) is 3.79. The zero-order chi connectivity index (χ0) is 21.3. The normalized spacial score (nSPS) is 14.2. The predicted molar refractivity (Wildman–Crippen MR) is 108 cm³/mol. The Kier molecular flexibility index (Phi) is 6.07. The number of rotatable bonds is 4. The van der Waals surface area contributed by atoms with Crippen molar-refractivity contribution < 1.29 is 18.8 Å².